The van der Waals surface area contributed by atoms with Crippen LogP contribution in [0.1, 0.15) is 17.3 Å². The second-order valence-electron chi connectivity index (χ2n) is 6.00. The second-order valence-corrected chi connectivity index (χ2v) is 6.41. The van der Waals surface area contributed by atoms with Gasteiger partial charge < -0.3 is 15.4 Å². The van der Waals surface area contributed by atoms with Crippen molar-refractivity contribution in [3.63, 3.8) is 0 Å². The lowest BCUT2D eigenvalue weighted by Gasteiger charge is -2.16. The number of amides is 2. The summed E-state index contributed by atoms with van der Waals surface area (Å²) in [7, 11) is 3.22. The molecule has 0 unspecified atom stereocenters. The number of esters is 1. The molecule has 1 aromatic carbocycles. The average Bonchev–Trinajstić information content (AvgIpc) is 2.97. The summed E-state index contributed by atoms with van der Waals surface area (Å²) in [4.78, 5) is 37.9. The topological polar surface area (TPSA) is 106 Å². The number of carbonyl (C=O) groups excluding carboxylic acids is 3. The molecule has 0 spiro atoms. The van der Waals surface area contributed by atoms with Crippen molar-refractivity contribution in [2.45, 2.75) is 6.92 Å². The molecule has 0 saturated carbocycles. The maximum Gasteiger partial charge on any atom is 0.343 e. The third-order valence-electron chi connectivity index (χ3n) is 3.67. The first-order valence-electron chi connectivity index (χ1n) is 8.53. The number of carbonyl (C=O) groups is 3. The van der Waals surface area contributed by atoms with Crippen LogP contribution in [0.3, 0.4) is 0 Å². The Bertz CT molecular complexity index is 867. The second kappa shape index (κ2) is 9.86. The number of hydrogen-bond acceptors (Lipinski definition) is 6. The maximum absolute atomic E-state index is 12.3. The Labute approximate surface area is 167 Å². The summed E-state index contributed by atoms with van der Waals surface area (Å²) >= 11 is 6.01. The average molecular weight is 408 g/mol. The normalized spacial score (nSPS) is 10.6. The van der Waals surface area contributed by atoms with E-state index in [-0.39, 0.29) is 37.0 Å². The SMILES string of the molecule is CCOC(=O)c1cnn(C)c1NC(=O)CN(C)CC(=O)Nc1ccccc1Cl. The molecule has 1 aromatic heterocycles. The van der Waals surface area contributed by atoms with Gasteiger partial charge in [0.05, 0.1) is 36.6 Å². The minimum Gasteiger partial charge on any atom is -0.462 e. The van der Waals surface area contributed by atoms with Crippen molar-refractivity contribution in [1.29, 1.82) is 0 Å². The standard InChI is InChI=1S/C18H22ClN5O4/c1-4-28-18(27)12-9-20-24(3)17(12)22-16(26)11-23(2)10-15(25)21-14-8-6-5-7-13(14)19/h5-9H,4,10-11H2,1-3H3,(H,21,25)(H,22,26). The molecule has 0 saturated heterocycles. The number of hydrogen-bond donors (Lipinski definition) is 2. The van der Waals surface area contributed by atoms with E-state index in [0.717, 1.165) is 0 Å². The highest BCUT2D eigenvalue weighted by molar-refractivity contribution is 6.33. The van der Waals surface area contributed by atoms with Gasteiger partial charge in [0.15, 0.2) is 0 Å². The first-order valence-corrected chi connectivity index (χ1v) is 8.91. The molecule has 150 valence electrons. The lowest BCUT2D eigenvalue weighted by atomic mass is 10.3. The Morgan fingerprint density at radius 1 is 1.18 bits per heavy atom. The van der Waals surface area contributed by atoms with Crippen LogP contribution >= 0.6 is 11.6 Å². The Kier molecular flexibility index (Phi) is 7.53. The van der Waals surface area contributed by atoms with Gasteiger partial charge in [0.1, 0.15) is 11.4 Å². The number of rotatable bonds is 8. The predicted molar refractivity (Wildman–Crippen MR) is 105 cm³/mol. The first-order chi connectivity index (χ1) is 13.3. The summed E-state index contributed by atoms with van der Waals surface area (Å²) in [6.45, 7) is 1.82. The highest BCUT2D eigenvalue weighted by Crippen LogP contribution is 2.20. The highest BCUT2D eigenvalue weighted by Gasteiger charge is 2.20. The molecule has 2 N–H and O–H groups in total. The summed E-state index contributed by atoms with van der Waals surface area (Å²) in [5.41, 5.74) is 0.665. The molecular formula is C18H22ClN5O4. The highest BCUT2D eigenvalue weighted by atomic mass is 35.5. The maximum atomic E-state index is 12.3. The van der Waals surface area contributed by atoms with Gasteiger partial charge in [-0.2, -0.15) is 5.10 Å². The molecule has 9 nitrogen and oxygen atoms in total. The molecule has 0 fully saturated rings. The summed E-state index contributed by atoms with van der Waals surface area (Å²) in [5, 5.41) is 9.71. The summed E-state index contributed by atoms with van der Waals surface area (Å²) in [6, 6.07) is 6.88. The summed E-state index contributed by atoms with van der Waals surface area (Å²) in [5.74, 6) is -1.05. The van der Waals surface area contributed by atoms with Gasteiger partial charge in [0, 0.05) is 7.05 Å². The van der Waals surface area contributed by atoms with Crippen LogP contribution in [0.15, 0.2) is 30.5 Å². The van der Waals surface area contributed by atoms with Crippen LogP contribution in [0, 0.1) is 0 Å². The van der Waals surface area contributed by atoms with Crippen LogP contribution in [0.5, 0.6) is 0 Å². The summed E-state index contributed by atoms with van der Waals surface area (Å²) in [6.07, 6.45) is 1.33. The quantitative estimate of drug-likeness (QED) is 0.646. The number of aryl methyl sites for hydroxylation is 1. The van der Waals surface area contributed by atoms with Crippen LogP contribution < -0.4 is 10.6 Å². The van der Waals surface area contributed by atoms with E-state index in [4.69, 9.17) is 16.3 Å². The van der Waals surface area contributed by atoms with Gasteiger partial charge in [0.25, 0.3) is 0 Å². The van der Waals surface area contributed by atoms with Gasteiger partial charge in [-0.1, -0.05) is 23.7 Å². The van der Waals surface area contributed by atoms with Crippen molar-refractivity contribution in [2.24, 2.45) is 7.05 Å². The molecule has 2 amide bonds. The van der Waals surface area contributed by atoms with E-state index >= 15 is 0 Å². The molecule has 0 aliphatic rings. The minimum atomic E-state index is -0.571. The predicted octanol–water partition coefficient (Wildman–Crippen LogP) is 1.76. The molecule has 2 rings (SSSR count). The van der Waals surface area contributed by atoms with Crippen LogP contribution in [0.4, 0.5) is 11.5 Å². The van der Waals surface area contributed by atoms with Crippen molar-refractivity contribution >= 4 is 40.9 Å². The van der Waals surface area contributed by atoms with Gasteiger partial charge >= 0.3 is 5.97 Å². The molecule has 1 heterocycles. The Balaban J connectivity index is 1.91. The van der Waals surface area contributed by atoms with Crippen molar-refractivity contribution < 1.29 is 19.1 Å². The number of para-hydroxylation sites is 1. The molecule has 0 bridgehead atoms. The molecular weight excluding hydrogens is 386 g/mol. The molecule has 0 radical (unpaired) electrons. The van der Waals surface area contributed by atoms with E-state index in [1.165, 1.54) is 15.8 Å². The van der Waals surface area contributed by atoms with Gasteiger partial charge in [0.2, 0.25) is 11.8 Å². The zero-order valence-corrected chi connectivity index (χ0v) is 16.6. The lowest BCUT2D eigenvalue weighted by molar-refractivity contribution is -0.119. The molecule has 2 aromatic rings. The lowest BCUT2D eigenvalue weighted by Crippen LogP contribution is -2.36. The van der Waals surface area contributed by atoms with Gasteiger partial charge in [-0.15, -0.1) is 0 Å². The van der Waals surface area contributed by atoms with E-state index in [1.54, 1.807) is 45.3 Å². The number of ether oxygens (including phenoxy) is 1. The number of halogens is 1. The van der Waals surface area contributed by atoms with E-state index < -0.39 is 11.9 Å². The molecule has 0 aliphatic heterocycles. The number of aromatic nitrogens is 2. The van der Waals surface area contributed by atoms with Gasteiger partial charge in [-0.05, 0) is 26.1 Å². The Morgan fingerprint density at radius 2 is 1.82 bits per heavy atom. The van der Waals surface area contributed by atoms with Gasteiger partial charge in [-0.3, -0.25) is 19.2 Å². The van der Waals surface area contributed by atoms with E-state index in [9.17, 15) is 14.4 Å². The minimum absolute atomic E-state index is 0.0191. The third kappa shape index (κ3) is 5.80. The van der Waals surface area contributed by atoms with Crippen molar-refractivity contribution in [1.82, 2.24) is 14.7 Å². The van der Waals surface area contributed by atoms with Crippen LogP contribution in [0.25, 0.3) is 0 Å². The largest absolute Gasteiger partial charge is 0.462 e. The fourth-order valence-electron chi connectivity index (χ4n) is 2.41. The van der Waals surface area contributed by atoms with Crippen LogP contribution in [-0.2, 0) is 21.4 Å². The van der Waals surface area contributed by atoms with Crippen molar-refractivity contribution in [3.05, 3.63) is 41.0 Å². The van der Waals surface area contributed by atoms with E-state index in [1.807, 2.05) is 0 Å². The van der Waals surface area contributed by atoms with E-state index in [0.29, 0.717) is 10.7 Å². The Morgan fingerprint density at radius 3 is 2.46 bits per heavy atom. The fourth-order valence-corrected chi connectivity index (χ4v) is 2.60. The van der Waals surface area contributed by atoms with Crippen molar-refractivity contribution in [2.75, 3.05) is 37.4 Å². The molecule has 28 heavy (non-hydrogen) atoms. The zero-order chi connectivity index (χ0) is 20.7. The molecule has 0 atom stereocenters. The number of likely N-dealkylation sites (N-methyl/N-ethyl adjacent to an activating group) is 1. The Hall–Kier alpha value is -2.91. The van der Waals surface area contributed by atoms with Crippen molar-refractivity contribution in [3.8, 4) is 0 Å². The molecule has 10 heteroatoms. The number of nitrogens with one attached hydrogen (secondary N) is 2. The number of nitrogens with zero attached hydrogens (tertiary/aromatic N) is 3. The van der Waals surface area contributed by atoms with Gasteiger partial charge in [-0.25, -0.2) is 4.79 Å². The third-order valence-corrected chi connectivity index (χ3v) is 4.00. The summed E-state index contributed by atoms with van der Waals surface area (Å²) < 4.78 is 6.32. The smallest absolute Gasteiger partial charge is 0.343 e. The first kappa shape index (κ1) is 21.4. The number of benzene rings is 1. The van der Waals surface area contributed by atoms with Crippen LogP contribution in [0.2, 0.25) is 5.02 Å². The molecule has 0 aliphatic carbocycles. The monoisotopic (exact) mass is 407 g/mol. The number of anilines is 2. The fraction of sp³-hybridized carbons (Fsp3) is 0.333. The van der Waals surface area contributed by atoms with Crippen LogP contribution in [-0.4, -0.2) is 59.2 Å². The van der Waals surface area contributed by atoms with E-state index in [2.05, 4.69) is 15.7 Å². The zero-order valence-electron chi connectivity index (χ0n) is 15.9.